The molecule has 2 aromatic rings. The monoisotopic (exact) mass is 466 g/mol. The van der Waals surface area contributed by atoms with E-state index in [-0.39, 0.29) is 29.7 Å². The molecule has 1 aliphatic heterocycles. The Hall–Kier alpha value is -2.41. The van der Waals surface area contributed by atoms with Crippen molar-refractivity contribution in [3.63, 3.8) is 0 Å². The number of hydrogen-bond acceptors (Lipinski definition) is 3. The summed E-state index contributed by atoms with van der Waals surface area (Å²) in [5, 5.41) is 8.42. The number of aromatic nitrogens is 1. The zero-order valence-corrected chi connectivity index (χ0v) is 20.0. The van der Waals surface area contributed by atoms with Gasteiger partial charge in [-0.25, -0.2) is 0 Å². The lowest BCUT2D eigenvalue weighted by Crippen LogP contribution is -2.61. The van der Waals surface area contributed by atoms with Crippen molar-refractivity contribution < 1.29 is 9.59 Å². The molecule has 1 saturated heterocycles. The van der Waals surface area contributed by atoms with Gasteiger partial charge in [0.1, 0.15) is 0 Å². The maximum absolute atomic E-state index is 13.0. The quantitative estimate of drug-likeness (QED) is 0.564. The number of hydrogen-bond donors (Lipinski definition) is 3. The Morgan fingerprint density at radius 2 is 1.88 bits per heavy atom. The first-order valence-corrected chi connectivity index (χ1v) is 13.0. The lowest BCUT2D eigenvalue weighted by Gasteiger charge is -2.43. The number of carbonyl (C=O) groups is 2. The smallest absolute Gasteiger partial charge is 0.233 e. The molecule has 0 radical (unpaired) electrons. The van der Waals surface area contributed by atoms with Crippen molar-refractivity contribution in [3.8, 4) is 0 Å². The summed E-state index contributed by atoms with van der Waals surface area (Å²) < 4.78 is 0. The number of fused-ring (bicyclic) bond motifs is 2. The van der Waals surface area contributed by atoms with E-state index in [1.807, 2.05) is 23.2 Å². The molecule has 3 aliphatic rings. The molecule has 2 aliphatic carbocycles. The number of rotatable bonds is 6. The van der Waals surface area contributed by atoms with Gasteiger partial charge in [-0.1, -0.05) is 31.0 Å². The van der Waals surface area contributed by atoms with Crippen LogP contribution in [0.5, 0.6) is 0 Å². The van der Waals surface area contributed by atoms with E-state index >= 15 is 0 Å². The number of benzene rings is 1. The molecule has 3 N–H and O–H groups in total. The average molecular weight is 467 g/mol. The molecule has 2 atom stereocenters. The number of H-pyrrole nitrogens is 1. The first kappa shape index (κ1) is 22.4. The standard InChI is InChI=1S/C26H34N4O2S/c31-24(27-14-13-19-15-28-22-7-3-1-5-20(19)22)18-11-9-17(10-12-18)16-30-25(32)21-6-2-4-8-23(21)29-26(30)33/h1,3,5,7,15,17-18,21,23,28H,2,4,6,8-14,16H2,(H,27,31)(H,29,33). The van der Waals surface area contributed by atoms with E-state index in [0.717, 1.165) is 56.9 Å². The SMILES string of the molecule is O=C(NCCc1c[nH]c2ccccc12)C1CCC(CN2C(=O)C3CCCCC3NC2=S)CC1. The molecule has 2 saturated carbocycles. The highest BCUT2D eigenvalue weighted by Crippen LogP contribution is 2.33. The summed E-state index contributed by atoms with van der Waals surface area (Å²) in [4.78, 5) is 30.9. The lowest BCUT2D eigenvalue weighted by molar-refractivity contribution is -0.136. The Morgan fingerprint density at radius 3 is 2.73 bits per heavy atom. The van der Waals surface area contributed by atoms with E-state index in [0.29, 0.717) is 24.1 Å². The number of para-hydroxylation sites is 1. The van der Waals surface area contributed by atoms with Crippen LogP contribution in [0.25, 0.3) is 10.9 Å². The Morgan fingerprint density at radius 1 is 1.09 bits per heavy atom. The van der Waals surface area contributed by atoms with Crippen molar-refractivity contribution in [2.75, 3.05) is 13.1 Å². The van der Waals surface area contributed by atoms with Gasteiger partial charge in [0.25, 0.3) is 0 Å². The van der Waals surface area contributed by atoms with Crippen LogP contribution in [0, 0.1) is 17.8 Å². The predicted octanol–water partition coefficient (Wildman–Crippen LogP) is 3.91. The van der Waals surface area contributed by atoms with Gasteiger partial charge in [-0.3, -0.25) is 14.5 Å². The number of amides is 2. The largest absolute Gasteiger partial charge is 0.361 e. The number of aromatic amines is 1. The van der Waals surface area contributed by atoms with Gasteiger partial charge < -0.3 is 15.6 Å². The van der Waals surface area contributed by atoms with Crippen LogP contribution >= 0.6 is 12.2 Å². The fraction of sp³-hybridized carbons (Fsp3) is 0.577. The van der Waals surface area contributed by atoms with E-state index in [1.54, 1.807) is 0 Å². The molecule has 0 spiro atoms. The number of nitrogens with one attached hydrogen (secondary N) is 3. The molecule has 33 heavy (non-hydrogen) atoms. The maximum Gasteiger partial charge on any atom is 0.233 e. The number of thiocarbonyl (C=S) groups is 1. The van der Waals surface area contributed by atoms with Gasteiger partial charge >= 0.3 is 0 Å². The van der Waals surface area contributed by atoms with Gasteiger partial charge in [-0.2, -0.15) is 0 Å². The van der Waals surface area contributed by atoms with Gasteiger partial charge in [0.15, 0.2) is 5.11 Å². The third-order valence-electron chi connectivity index (χ3n) is 7.93. The van der Waals surface area contributed by atoms with E-state index < -0.39 is 0 Å². The van der Waals surface area contributed by atoms with E-state index in [9.17, 15) is 9.59 Å². The van der Waals surface area contributed by atoms with Crippen molar-refractivity contribution in [2.45, 2.75) is 63.8 Å². The second kappa shape index (κ2) is 9.84. The molecule has 1 aromatic carbocycles. The minimum atomic E-state index is 0.0778. The summed E-state index contributed by atoms with van der Waals surface area (Å²) in [7, 11) is 0. The summed E-state index contributed by atoms with van der Waals surface area (Å²) in [5.74, 6) is 0.980. The molecular formula is C26H34N4O2S. The first-order chi connectivity index (χ1) is 16.1. The molecule has 2 amide bonds. The summed E-state index contributed by atoms with van der Waals surface area (Å²) >= 11 is 5.54. The molecule has 0 bridgehead atoms. The van der Waals surface area contributed by atoms with Crippen LogP contribution < -0.4 is 10.6 Å². The number of carbonyl (C=O) groups excluding carboxylic acids is 2. The fourth-order valence-corrected chi connectivity index (χ4v) is 6.29. The number of nitrogens with zero attached hydrogens (tertiary/aromatic N) is 1. The second-order valence-corrected chi connectivity index (χ2v) is 10.4. The molecule has 7 heteroatoms. The molecule has 2 unspecified atom stereocenters. The van der Waals surface area contributed by atoms with E-state index in [1.165, 1.54) is 17.4 Å². The topological polar surface area (TPSA) is 77.2 Å². The Kier molecular flexibility index (Phi) is 6.67. The van der Waals surface area contributed by atoms with Crippen LogP contribution in [0.2, 0.25) is 0 Å². The summed E-state index contributed by atoms with van der Waals surface area (Å²) in [6, 6.07) is 8.50. The highest BCUT2D eigenvalue weighted by molar-refractivity contribution is 7.80. The minimum absolute atomic E-state index is 0.0778. The predicted molar refractivity (Wildman–Crippen MR) is 134 cm³/mol. The third-order valence-corrected chi connectivity index (χ3v) is 8.27. The molecular weight excluding hydrogens is 432 g/mol. The van der Waals surface area contributed by atoms with Gasteiger partial charge in [-0.05, 0) is 74.7 Å². The summed E-state index contributed by atoms with van der Waals surface area (Å²) in [5.41, 5.74) is 2.38. The van der Waals surface area contributed by atoms with Crippen molar-refractivity contribution in [1.29, 1.82) is 0 Å². The van der Waals surface area contributed by atoms with Crippen LogP contribution in [-0.2, 0) is 16.0 Å². The molecule has 6 nitrogen and oxygen atoms in total. The van der Waals surface area contributed by atoms with Gasteiger partial charge in [0, 0.05) is 42.1 Å². The van der Waals surface area contributed by atoms with Crippen LogP contribution in [0.3, 0.4) is 0 Å². The molecule has 176 valence electrons. The summed E-state index contributed by atoms with van der Waals surface area (Å²) in [6.07, 6.45) is 10.9. The van der Waals surface area contributed by atoms with Crippen molar-refractivity contribution >= 4 is 40.0 Å². The van der Waals surface area contributed by atoms with Gasteiger partial charge in [0.05, 0.1) is 5.92 Å². The second-order valence-electron chi connectivity index (χ2n) is 10.0. The van der Waals surface area contributed by atoms with Crippen molar-refractivity contribution in [3.05, 3.63) is 36.0 Å². The minimum Gasteiger partial charge on any atom is -0.361 e. The zero-order chi connectivity index (χ0) is 22.8. The molecule has 2 heterocycles. The highest BCUT2D eigenvalue weighted by Gasteiger charge is 2.41. The molecule has 1 aromatic heterocycles. The fourth-order valence-electron chi connectivity index (χ4n) is 5.98. The Balaban J connectivity index is 1.07. The molecule has 3 fully saturated rings. The van der Waals surface area contributed by atoms with E-state index in [2.05, 4.69) is 27.8 Å². The van der Waals surface area contributed by atoms with Crippen LogP contribution in [0.15, 0.2) is 30.5 Å². The normalized spacial score (nSPS) is 27.8. The summed E-state index contributed by atoms with van der Waals surface area (Å²) in [6.45, 7) is 1.36. The van der Waals surface area contributed by atoms with Gasteiger partial charge in [0.2, 0.25) is 11.8 Å². The van der Waals surface area contributed by atoms with Crippen molar-refractivity contribution in [2.24, 2.45) is 17.8 Å². The maximum atomic E-state index is 13.0. The highest BCUT2D eigenvalue weighted by atomic mass is 32.1. The van der Waals surface area contributed by atoms with E-state index in [4.69, 9.17) is 12.2 Å². The zero-order valence-electron chi connectivity index (χ0n) is 19.1. The van der Waals surface area contributed by atoms with Crippen LogP contribution in [0.4, 0.5) is 0 Å². The lowest BCUT2D eigenvalue weighted by atomic mass is 9.80. The first-order valence-electron chi connectivity index (χ1n) is 12.5. The molecule has 5 rings (SSSR count). The van der Waals surface area contributed by atoms with Gasteiger partial charge in [-0.15, -0.1) is 0 Å². The third kappa shape index (κ3) is 4.79. The van der Waals surface area contributed by atoms with Crippen molar-refractivity contribution in [1.82, 2.24) is 20.5 Å². The average Bonchev–Trinajstić information content (AvgIpc) is 3.25. The van der Waals surface area contributed by atoms with Crippen LogP contribution in [-0.4, -0.2) is 45.9 Å². The van der Waals surface area contributed by atoms with Crippen LogP contribution in [0.1, 0.15) is 56.9 Å². The Bertz CT molecular complexity index is 1030. The Labute approximate surface area is 200 Å².